The number of hydrogen-bond acceptors (Lipinski definition) is 2. The van der Waals surface area contributed by atoms with Crippen molar-refractivity contribution in [2.75, 3.05) is 26.7 Å². The smallest absolute Gasteiger partial charge is 0.00673 e. The van der Waals surface area contributed by atoms with Crippen LogP contribution in [0, 0.1) is 17.3 Å². The fourth-order valence-electron chi connectivity index (χ4n) is 3.69. The third-order valence-electron chi connectivity index (χ3n) is 5.14. The second kappa shape index (κ2) is 5.92. The molecular formula is C16H32N2. The molecule has 2 aliphatic rings. The maximum absolute atomic E-state index is 3.83. The summed E-state index contributed by atoms with van der Waals surface area (Å²) in [7, 11) is 2.24. The Balaban J connectivity index is 1.65. The molecule has 1 atom stereocenters. The Labute approximate surface area is 114 Å². The third kappa shape index (κ3) is 3.96. The van der Waals surface area contributed by atoms with Crippen molar-refractivity contribution in [1.82, 2.24) is 10.2 Å². The molecule has 106 valence electrons. The summed E-state index contributed by atoms with van der Waals surface area (Å²) in [6.07, 6.45) is 7.02. The van der Waals surface area contributed by atoms with Gasteiger partial charge in [0.15, 0.2) is 0 Å². The zero-order valence-corrected chi connectivity index (χ0v) is 12.8. The van der Waals surface area contributed by atoms with Crippen LogP contribution in [0.2, 0.25) is 0 Å². The van der Waals surface area contributed by atoms with Crippen molar-refractivity contribution in [3.05, 3.63) is 0 Å². The highest BCUT2D eigenvalue weighted by Gasteiger charge is 2.30. The minimum atomic E-state index is 0.513. The van der Waals surface area contributed by atoms with Crippen molar-refractivity contribution in [2.45, 2.75) is 58.9 Å². The van der Waals surface area contributed by atoms with E-state index in [9.17, 15) is 0 Å². The van der Waals surface area contributed by atoms with E-state index in [0.717, 1.165) is 17.9 Å². The van der Waals surface area contributed by atoms with Crippen LogP contribution in [0.3, 0.4) is 0 Å². The molecule has 18 heavy (non-hydrogen) atoms. The van der Waals surface area contributed by atoms with Crippen LogP contribution in [0.25, 0.3) is 0 Å². The van der Waals surface area contributed by atoms with Gasteiger partial charge in [-0.15, -0.1) is 0 Å². The molecular weight excluding hydrogens is 220 g/mol. The van der Waals surface area contributed by atoms with Gasteiger partial charge in [-0.3, -0.25) is 0 Å². The van der Waals surface area contributed by atoms with E-state index < -0.39 is 0 Å². The average molecular weight is 252 g/mol. The predicted molar refractivity (Wildman–Crippen MR) is 78.8 cm³/mol. The van der Waals surface area contributed by atoms with Gasteiger partial charge in [0, 0.05) is 12.6 Å². The molecule has 1 saturated heterocycles. The Bertz CT molecular complexity index is 248. The van der Waals surface area contributed by atoms with E-state index in [-0.39, 0.29) is 0 Å². The first kappa shape index (κ1) is 14.3. The molecule has 0 radical (unpaired) electrons. The molecule has 0 spiro atoms. The summed E-state index contributed by atoms with van der Waals surface area (Å²) >= 11 is 0. The van der Waals surface area contributed by atoms with Gasteiger partial charge in [0.1, 0.15) is 0 Å². The average Bonchev–Trinajstić information content (AvgIpc) is 2.72. The predicted octanol–water partition coefficient (Wildman–Crippen LogP) is 3.13. The molecule has 1 aliphatic carbocycles. The quantitative estimate of drug-likeness (QED) is 0.830. The molecule has 2 rings (SSSR count). The highest BCUT2D eigenvalue weighted by atomic mass is 15.1. The summed E-state index contributed by atoms with van der Waals surface area (Å²) in [5.74, 6) is 1.84. The summed E-state index contributed by atoms with van der Waals surface area (Å²) < 4.78 is 0. The molecule has 0 bridgehead atoms. The summed E-state index contributed by atoms with van der Waals surface area (Å²) in [5, 5.41) is 3.83. The fourth-order valence-corrected chi connectivity index (χ4v) is 3.69. The van der Waals surface area contributed by atoms with Gasteiger partial charge in [0.2, 0.25) is 0 Å². The van der Waals surface area contributed by atoms with Crippen molar-refractivity contribution in [2.24, 2.45) is 17.3 Å². The van der Waals surface area contributed by atoms with Crippen molar-refractivity contribution in [3.8, 4) is 0 Å². The first-order valence-corrected chi connectivity index (χ1v) is 7.87. The standard InChI is InChI=1S/C16H32N2/c1-16(2,3)14-5-7-15(8-6-14)17-11-13-9-10-18(4)12-13/h13-15,17H,5-12H2,1-4H3. The molecule has 1 heterocycles. The lowest BCUT2D eigenvalue weighted by atomic mass is 9.71. The maximum atomic E-state index is 3.83. The minimum Gasteiger partial charge on any atom is -0.314 e. The van der Waals surface area contributed by atoms with E-state index in [0.29, 0.717) is 5.41 Å². The summed E-state index contributed by atoms with van der Waals surface area (Å²) in [6.45, 7) is 11.0. The molecule has 1 unspecified atom stereocenters. The Morgan fingerprint density at radius 3 is 2.22 bits per heavy atom. The van der Waals surface area contributed by atoms with Gasteiger partial charge in [0.05, 0.1) is 0 Å². The molecule has 2 nitrogen and oxygen atoms in total. The molecule has 1 saturated carbocycles. The molecule has 0 amide bonds. The van der Waals surface area contributed by atoms with E-state index in [4.69, 9.17) is 0 Å². The van der Waals surface area contributed by atoms with Gasteiger partial charge >= 0.3 is 0 Å². The Morgan fingerprint density at radius 2 is 1.72 bits per heavy atom. The van der Waals surface area contributed by atoms with Crippen molar-refractivity contribution < 1.29 is 0 Å². The molecule has 2 heteroatoms. The van der Waals surface area contributed by atoms with Crippen LogP contribution in [0.5, 0.6) is 0 Å². The van der Waals surface area contributed by atoms with Crippen LogP contribution in [0.4, 0.5) is 0 Å². The highest BCUT2D eigenvalue weighted by Crippen LogP contribution is 2.37. The molecule has 2 fully saturated rings. The Morgan fingerprint density at radius 1 is 1.06 bits per heavy atom. The van der Waals surface area contributed by atoms with Crippen LogP contribution in [-0.2, 0) is 0 Å². The Hall–Kier alpha value is -0.0800. The second-order valence-corrected chi connectivity index (χ2v) is 7.74. The van der Waals surface area contributed by atoms with Crippen LogP contribution in [-0.4, -0.2) is 37.6 Å². The van der Waals surface area contributed by atoms with Gasteiger partial charge in [-0.2, -0.15) is 0 Å². The fraction of sp³-hybridized carbons (Fsp3) is 1.00. The molecule has 1 aliphatic heterocycles. The van der Waals surface area contributed by atoms with E-state index in [1.54, 1.807) is 0 Å². The van der Waals surface area contributed by atoms with Gasteiger partial charge in [0.25, 0.3) is 0 Å². The minimum absolute atomic E-state index is 0.513. The molecule has 0 aromatic rings. The SMILES string of the molecule is CN1CCC(CNC2CCC(C(C)(C)C)CC2)C1. The van der Waals surface area contributed by atoms with Crippen LogP contribution >= 0.6 is 0 Å². The van der Waals surface area contributed by atoms with Crippen molar-refractivity contribution >= 4 is 0 Å². The lowest BCUT2D eigenvalue weighted by Crippen LogP contribution is -2.38. The summed E-state index contributed by atoms with van der Waals surface area (Å²) in [5.41, 5.74) is 0.513. The van der Waals surface area contributed by atoms with Crippen LogP contribution < -0.4 is 5.32 Å². The largest absolute Gasteiger partial charge is 0.314 e. The van der Waals surface area contributed by atoms with Crippen molar-refractivity contribution in [1.29, 1.82) is 0 Å². The van der Waals surface area contributed by atoms with Gasteiger partial charge in [-0.1, -0.05) is 20.8 Å². The third-order valence-corrected chi connectivity index (χ3v) is 5.14. The summed E-state index contributed by atoms with van der Waals surface area (Å²) in [6, 6.07) is 0.800. The number of hydrogen-bond donors (Lipinski definition) is 1. The van der Waals surface area contributed by atoms with Gasteiger partial charge in [-0.25, -0.2) is 0 Å². The lowest BCUT2D eigenvalue weighted by Gasteiger charge is -2.37. The zero-order valence-electron chi connectivity index (χ0n) is 12.8. The second-order valence-electron chi connectivity index (χ2n) is 7.74. The van der Waals surface area contributed by atoms with E-state index >= 15 is 0 Å². The number of nitrogens with one attached hydrogen (secondary N) is 1. The van der Waals surface area contributed by atoms with Gasteiger partial charge < -0.3 is 10.2 Å². The van der Waals surface area contributed by atoms with E-state index in [1.165, 1.54) is 51.7 Å². The van der Waals surface area contributed by atoms with E-state index in [1.807, 2.05) is 0 Å². The van der Waals surface area contributed by atoms with E-state index in [2.05, 4.69) is 38.0 Å². The monoisotopic (exact) mass is 252 g/mol. The first-order valence-electron chi connectivity index (χ1n) is 7.87. The molecule has 1 N–H and O–H groups in total. The zero-order chi connectivity index (χ0) is 13.2. The number of rotatable bonds is 3. The summed E-state index contributed by atoms with van der Waals surface area (Å²) in [4.78, 5) is 2.46. The molecule has 0 aromatic heterocycles. The number of nitrogens with zero attached hydrogens (tertiary/aromatic N) is 1. The highest BCUT2D eigenvalue weighted by molar-refractivity contribution is 4.84. The van der Waals surface area contributed by atoms with Crippen LogP contribution in [0.15, 0.2) is 0 Å². The maximum Gasteiger partial charge on any atom is 0.00673 e. The Kier molecular flexibility index (Phi) is 4.71. The molecule has 0 aromatic carbocycles. The van der Waals surface area contributed by atoms with Crippen LogP contribution in [0.1, 0.15) is 52.9 Å². The first-order chi connectivity index (χ1) is 8.45. The topological polar surface area (TPSA) is 15.3 Å². The lowest BCUT2D eigenvalue weighted by molar-refractivity contribution is 0.158. The normalized spacial score (nSPS) is 35.0. The van der Waals surface area contributed by atoms with Gasteiger partial charge in [-0.05, 0) is 69.5 Å². The number of likely N-dealkylation sites (tertiary alicyclic amines) is 1. The van der Waals surface area contributed by atoms with Crippen molar-refractivity contribution in [3.63, 3.8) is 0 Å².